The second kappa shape index (κ2) is 7.03. The smallest absolute Gasteiger partial charge is 0.323 e. The van der Waals surface area contributed by atoms with Crippen LogP contribution in [-0.2, 0) is 24.8 Å². The van der Waals surface area contributed by atoms with Crippen LogP contribution in [0.5, 0.6) is 0 Å². The molecule has 1 aliphatic rings. The molecule has 1 heterocycles. The number of fused-ring (bicyclic) bond motifs is 1. The van der Waals surface area contributed by atoms with Crippen LogP contribution in [0, 0.1) is 0 Å². The Kier molecular flexibility index (Phi) is 4.56. The molecular weight excluding hydrogens is 334 g/mol. The molecule has 1 aliphatic carbocycles. The first-order chi connectivity index (χ1) is 13.1. The maximum absolute atomic E-state index is 12.8. The fourth-order valence-corrected chi connectivity index (χ4v) is 4.13. The summed E-state index contributed by atoms with van der Waals surface area (Å²) in [6, 6.07) is 18.6. The summed E-state index contributed by atoms with van der Waals surface area (Å²) in [5.74, 6) is 0. The first kappa shape index (κ1) is 17.5. The van der Waals surface area contributed by atoms with Gasteiger partial charge in [-0.05, 0) is 36.0 Å². The van der Waals surface area contributed by atoms with Gasteiger partial charge in [-0.2, -0.15) is 0 Å². The summed E-state index contributed by atoms with van der Waals surface area (Å²) < 4.78 is 1.62. The highest BCUT2D eigenvalue weighted by Gasteiger charge is 2.39. The Balaban J connectivity index is 1.53. The first-order valence-corrected chi connectivity index (χ1v) is 9.52. The average Bonchev–Trinajstić information content (AvgIpc) is 3.33. The van der Waals surface area contributed by atoms with Gasteiger partial charge in [0.2, 0.25) is 0 Å². The third-order valence-electron chi connectivity index (χ3n) is 5.79. The van der Waals surface area contributed by atoms with Crippen LogP contribution < -0.4 is 0 Å². The zero-order valence-corrected chi connectivity index (χ0v) is 15.9. The van der Waals surface area contributed by atoms with Gasteiger partial charge in [-0.3, -0.25) is 4.57 Å². The Morgan fingerprint density at radius 1 is 1.07 bits per heavy atom. The summed E-state index contributed by atoms with van der Waals surface area (Å²) in [6.07, 6.45) is 6.58. The minimum atomic E-state index is -0.0561. The van der Waals surface area contributed by atoms with Gasteiger partial charge in [0.05, 0.1) is 5.69 Å². The van der Waals surface area contributed by atoms with Crippen molar-refractivity contribution in [2.45, 2.75) is 38.1 Å². The molecule has 0 unspecified atom stereocenters. The Morgan fingerprint density at radius 3 is 2.33 bits per heavy atom. The SMILES string of the molecule is CCC1(c2cn(C(=O)N(C)Cc3ccccc3)cn2)Cc2ccccc2C1. The summed E-state index contributed by atoms with van der Waals surface area (Å²) >= 11 is 0. The van der Waals surface area contributed by atoms with E-state index in [2.05, 4.69) is 36.2 Å². The van der Waals surface area contributed by atoms with Gasteiger partial charge in [0, 0.05) is 25.2 Å². The number of hydrogen-bond acceptors (Lipinski definition) is 2. The minimum Gasteiger partial charge on any atom is -0.323 e. The molecular formula is C23H25N3O. The molecule has 0 radical (unpaired) electrons. The van der Waals surface area contributed by atoms with Crippen LogP contribution in [0.15, 0.2) is 67.1 Å². The quantitative estimate of drug-likeness (QED) is 0.691. The van der Waals surface area contributed by atoms with E-state index in [1.807, 2.05) is 43.6 Å². The van der Waals surface area contributed by atoms with E-state index in [4.69, 9.17) is 0 Å². The fourth-order valence-electron chi connectivity index (χ4n) is 4.13. The van der Waals surface area contributed by atoms with Crippen molar-refractivity contribution in [3.05, 3.63) is 89.5 Å². The first-order valence-electron chi connectivity index (χ1n) is 9.52. The molecule has 0 fully saturated rings. The number of carbonyl (C=O) groups is 1. The van der Waals surface area contributed by atoms with Gasteiger partial charge in [-0.1, -0.05) is 61.5 Å². The molecule has 4 nitrogen and oxygen atoms in total. The molecule has 1 aromatic heterocycles. The lowest BCUT2D eigenvalue weighted by Crippen LogP contribution is -2.30. The molecule has 4 rings (SSSR count). The van der Waals surface area contributed by atoms with Crippen molar-refractivity contribution in [2.75, 3.05) is 7.05 Å². The van der Waals surface area contributed by atoms with Gasteiger partial charge < -0.3 is 4.90 Å². The molecule has 0 spiro atoms. The number of amides is 1. The zero-order valence-electron chi connectivity index (χ0n) is 15.9. The second-order valence-corrected chi connectivity index (χ2v) is 7.55. The maximum Gasteiger partial charge on any atom is 0.329 e. The third kappa shape index (κ3) is 3.27. The Labute approximate surface area is 160 Å². The molecule has 27 heavy (non-hydrogen) atoms. The summed E-state index contributed by atoms with van der Waals surface area (Å²) in [4.78, 5) is 19.2. The van der Waals surface area contributed by atoms with E-state index in [0.717, 1.165) is 30.5 Å². The number of imidazole rings is 1. The van der Waals surface area contributed by atoms with E-state index in [1.165, 1.54) is 11.1 Å². The van der Waals surface area contributed by atoms with E-state index >= 15 is 0 Å². The summed E-state index contributed by atoms with van der Waals surface area (Å²) in [5.41, 5.74) is 4.93. The number of aromatic nitrogens is 2. The number of hydrogen-bond donors (Lipinski definition) is 0. The van der Waals surface area contributed by atoms with Gasteiger partial charge in [0.1, 0.15) is 6.33 Å². The Morgan fingerprint density at radius 2 is 1.70 bits per heavy atom. The van der Waals surface area contributed by atoms with Crippen molar-refractivity contribution in [3.8, 4) is 0 Å². The van der Waals surface area contributed by atoms with Crippen molar-refractivity contribution in [3.63, 3.8) is 0 Å². The summed E-state index contributed by atoms with van der Waals surface area (Å²) in [7, 11) is 1.83. The molecule has 0 bridgehead atoms. The van der Waals surface area contributed by atoms with Crippen LogP contribution in [0.2, 0.25) is 0 Å². The van der Waals surface area contributed by atoms with Crippen molar-refractivity contribution >= 4 is 6.03 Å². The van der Waals surface area contributed by atoms with E-state index in [1.54, 1.807) is 15.8 Å². The molecule has 0 aliphatic heterocycles. The number of rotatable bonds is 4. The van der Waals surface area contributed by atoms with Crippen LogP contribution in [0.1, 0.15) is 35.7 Å². The largest absolute Gasteiger partial charge is 0.329 e. The van der Waals surface area contributed by atoms with E-state index in [-0.39, 0.29) is 11.4 Å². The lowest BCUT2D eigenvalue weighted by molar-refractivity contribution is 0.208. The van der Waals surface area contributed by atoms with Gasteiger partial charge in [0.25, 0.3) is 0 Å². The molecule has 3 aromatic rings. The van der Waals surface area contributed by atoms with Gasteiger partial charge in [-0.25, -0.2) is 9.78 Å². The maximum atomic E-state index is 12.8. The van der Waals surface area contributed by atoms with Gasteiger partial charge >= 0.3 is 6.03 Å². The normalized spacial score (nSPS) is 14.7. The standard InChI is InChI=1S/C23H25N3O/c1-3-23(13-19-11-7-8-12-20(19)14-23)21-16-26(17-24-21)22(27)25(2)15-18-9-5-4-6-10-18/h4-12,16-17H,3,13-15H2,1-2H3. The van der Waals surface area contributed by atoms with Crippen LogP contribution in [0.3, 0.4) is 0 Å². The number of nitrogens with zero attached hydrogens (tertiary/aromatic N) is 3. The zero-order chi connectivity index (χ0) is 18.9. The molecule has 0 atom stereocenters. The molecule has 0 saturated heterocycles. The van der Waals surface area contributed by atoms with Crippen LogP contribution in [0.4, 0.5) is 4.79 Å². The molecule has 2 aromatic carbocycles. The Hall–Kier alpha value is -2.88. The van der Waals surface area contributed by atoms with Crippen molar-refractivity contribution in [2.24, 2.45) is 0 Å². The third-order valence-corrected chi connectivity index (χ3v) is 5.79. The van der Waals surface area contributed by atoms with Gasteiger partial charge in [0.15, 0.2) is 0 Å². The van der Waals surface area contributed by atoms with Crippen LogP contribution >= 0.6 is 0 Å². The fraction of sp³-hybridized carbons (Fsp3) is 0.304. The number of carbonyl (C=O) groups excluding carboxylic acids is 1. The van der Waals surface area contributed by atoms with E-state index in [0.29, 0.717) is 6.54 Å². The molecule has 0 N–H and O–H groups in total. The summed E-state index contributed by atoms with van der Waals surface area (Å²) in [5, 5.41) is 0. The highest BCUT2D eigenvalue weighted by molar-refractivity contribution is 5.76. The monoisotopic (exact) mass is 359 g/mol. The van der Waals surface area contributed by atoms with Gasteiger partial charge in [-0.15, -0.1) is 0 Å². The molecule has 1 amide bonds. The lowest BCUT2D eigenvalue weighted by Gasteiger charge is -2.25. The van der Waals surface area contributed by atoms with E-state index in [9.17, 15) is 4.79 Å². The minimum absolute atomic E-state index is 0.00673. The van der Waals surface area contributed by atoms with E-state index < -0.39 is 0 Å². The van der Waals surface area contributed by atoms with Crippen molar-refractivity contribution in [1.29, 1.82) is 0 Å². The predicted octanol–water partition coefficient (Wildman–Crippen LogP) is 4.43. The van der Waals surface area contributed by atoms with Crippen LogP contribution in [-0.4, -0.2) is 27.5 Å². The van der Waals surface area contributed by atoms with Crippen molar-refractivity contribution in [1.82, 2.24) is 14.5 Å². The molecule has 138 valence electrons. The average molecular weight is 359 g/mol. The highest BCUT2D eigenvalue weighted by Crippen LogP contribution is 2.41. The Bertz CT molecular complexity index is 920. The number of benzene rings is 2. The van der Waals surface area contributed by atoms with Crippen LogP contribution in [0.25, 0.3) is 0 Å². The second-order valence-electron chi connectivity index (χ2n) is 7.55. The topological polar surface area (TPSA) is 38.1 Å². The summed E-state index contributed by atoms with van der Waals surface area (Å²) in [6.45, 7) is 2.80. The van der Waals surface area contributed by atoms with Crippen molar-refractivity contribution < 1.29 is 4.79 Å². The molecule has 0 saturated carbocycles. The highest BCUT2D eigenvalue weighted by atomic mass is 16.2. The molecule has 4 heteroatoms. The lowest BCUT2D eigenvalue weighted by atomic mass is 9.79. The predicted molar refractivity (Wildman–Crippen MR) is 107 cm³/mol.